The number of aromatic nitrogens is 5. The van der Waals surface area contributed by atoms with Gasteiger partial charge < -0.3 is 10.4 Å². The Morgan fingerprint density at radius 1 is 1.35 bits per heavy atom. The van der Waals surface area contributed by atoms with E-state index in [9.17, 15) is 13.2 Å². The summed E-state index contributed by atoms with van der Waals surface area (Å²) in [5, 5.41) is 23.9. The molecule has 0 aliphatic rings. The van der Waals surface area contributed by atoms with E-state index in [1.165, 1.54) is 0 Å². The van der Waals surface area contributed by atoms with E-state index in [1.54, 1.807) is 22.8 Å². The molecule has 9 nitrogen and oxygen atoms in total. The molecule has 0 atom stereocenters. The first-order chi connectivity index (χ1) is 14.6. The Hall–Kier alpha value is -3.46. The molecule has 0 aliphatic carbocycles. The first-order valence-electron chi connectivity index (χ1n) is 8.95. The molecule has 0 radical (unpaired) electrons. The molecular weight excluding hydrogens is 439 g/mol. The third kappa shape index (κ3) is 7.07. The van der Waals surface area contributed by atoms with E-state index in [2.05, 4.69) is 31.4 Å². The fraction of sp³-hybridized carbons (Fsp3) is 0.333. The molecule has 3 rings (SSSR count). The van der Waals surface area contributed by atoms with Crippen molar-refractivity contribution in [2.75, 3.05) is 11.9 Å². The molecule has 3 aromatic heterocycles. The average Bonchev–Trinajstić information content (AvgIpc) is 3.14. The number of rotatable bonds is 6. The minimum Gasteiger partial charge on any atom is -0.475 e. The molecule has 31 heavy (non-hydrogen) atoms. The topological polar surface area (TPSA) is 129 Å². The van der Waals surface area contributed by atoms with Gasteiger partial charge in [-0.05, 0) is 25.0 Å². The van der Waals surface area contributed by atoms with Gasteiger partial charge in [0.2, 0.25) is 5.95 Å². The lowest BCUT2D eigenvalue weighted by molar-refractivity contribution is -0.192. The number of nitriles is 1. The second kappa shape index (κ2) is 10.5. The van der Waals surface area contributed by atoms with E-state index in [-0.39, 0.29) is 0 Å². The summed E-state index contributed by atoms with van der Waals surface area (Å²) in [6, 6.07) is 7.41. The van der Waals surface area contributed by atoms with Crippen molar-refractivity contribution in [3.8, 4) is 6.07 Å². The number of halogens is 4. The maximum absolute atomic E-state index is 10.6. The van der Waals surface area contributed by atoms with Gasteiger partial charge in [0.05, 0.1) is 5.56 Å². The Labute approximate surface area is 179 Å². The summed E-state index contributed by atoms with van der Waals surface area (Å²) in [4.78, 5) is 21.8. The fourth-order valence-electron chi connectivity index (χ4n) is 2.28. The Bertz CT molecular complexity index is 1080. The molecule has 2 N–H and O–H groups in total. The molecule has 0 spiro atoms. The highest BCUT2D eigenvalue weighted by molar-refractivity contribution is 6.29. The first kappa shape index (κ1) is 23.8. The standard InChI is InChI=1S/C16H16ClN7.C2HF3O2/c1-2-14-22-15-8-13(17)21-16(24(15)23-14)19-7-3-4-12-6-5-11(9-18)10-20-12;3-2(4,5)1(6)7/h5-6,8,10H,2-4,7H2,1H3,(H,19,21);(H,6,7). The highest BCUT2D eigenvalue weighted by atomic mass is 35.5. The number of nitrogens with one attached hydrogen (secondary N) is 1. The number of hydrogen-bond donors (Lipinski definition) is 2. The zero-order valence-corrected chi connectivity index (χ0v) is 16.9. The van der Waals surface area contributed by atoms with Gasteiger partial charge in [-0.2, -0.15) is 22.9 Å². The van der Waals surface area contributed by atoms with Crippen LogP contribution in [0.3, 0.4) is 0 Å². The van der Waals surface area contributed by atoms with E-state index in [4.69, 9.17) is 26.8 Å². The van der Waals surface area contributed by atoms with Crippen LogP contribution in [0.4, 0.5) is 19.1 Å². The van der Waals surface area contributed by atoms with Crippen molar-refractivity contribution in [1.29, 1.82) is 5.26 Å². The number of hydrogen-bond acceptors (Lipinski definition) is 7. The maximum Gasteiger partial charge on any atom is 0.490 e. The molecule has 0 aliphatic heterocycles. The molecule has 0 saturated heterocycles. The Kier molecular flexibility index (Phi) is 8.09. The lowest BCUT2D eigenvalue weighted by Gasteiger charge is -2.07. The van der Waals surface area contributed by atoms with Crippen LogP contribution in [0.1, 0.15) is 30.4 Å². The predicted molar refractivity (Wildman–Crippen MR) is 105 cm³/mol. The van der Waals surface area contributed by atoms with Crippen molar-refractivity contribution in [1.82, 2.24) is 24.6 Å². The SMILES string of the molecule is CCc1nc2cc(Cl)nc(NCCCc3ccc(C#N)cn3)n2n1.O=C(O)C(F)(F)F. The van der Waals surface area contributed by atoms with Gasteiger partial charge >= 0.3 is 12.1 Å². The van der Waals surface area contributed by atoms with Crippen LogP contribution >= 0.6 is 11.6 Å². The molecule has 0 unspecified atom stereocenters. The van der Waals surface area contributed by atoms with Crippen molar-refractivity contribution >= 4 is 29.2 Å². The molecule has 13 heteroatoms. The van der Waals surface area contributed by atoms with Crippen LogP contribution in [0, 0.1) is 11.3 Å². The molecule has 0 fully saturated rings. The van der Waals surface area contributed by atoms with Crippen molar-refractivity contribution in [2.45, 2.75) is 32.4 Å². The minimum atomic E-state index is -5.08. The maximum atomic E-state index is 10.6. The van der Waals surface area contributed by atoms with E-state index >= 15 is 0 Å². The van der Waals surface area contributed by atoms with Crippen LogP contribution in [0.15, 0.2) is 24.4 Å². The summed E-state index contributed by atoms with van der Waals surface area (Å²) >= 11 is 6.04. The second-order valence-corrected chi connectivity index (χ2v) is 6.42. The van der Waals surface area contributed by atoms with Gasteiger partial charge in [-0.25, -0.2) is 14.8 Å². The van der Waals surface area contributed by atoms with Gasteiger partial charge in [-0.1, -0.05) is 18.5 Å². The molecule has 3 heterocycles. The number of fused-ring (bicyclic) bond motifs is 1. The summed E-state index contributed by atoms with van der Waals surface area (Å²) < 4.78 is 33.4. The number of carboxylic acids is 1. The van der Waals surface area contributed by atoms with Crippen LogP contribution in [0.25, 0.3) is 5.65 Å². The molecule has 0 aromatic carbocycles. The van der Waals surface area contributed by atoms with Crippen LogP contribution in [0.2, 0.25) is 5.15 Å². The highest BCUT2D eigenvalue weighted by Crippen LogP contribution is 2.15. The molecule has 3 aromatic rings. The van der Waals surface area contributed by atoms with Crippen molar-refractivity contribution in [3.63, 3.8) is 0 Å². The monoisotopic (exact) mass is 455 g/mol. The zero-order chi connectivity index (χ0) is 23.0. The van der Waals surface area contributed by atoms with Crippen LogP contribution in [0.5, 0.6) is 0 Å². The smallest absolute Gasteiger partial charge is 0.475 e. The van der Waals surface area contributed by atoms with Crippen LogP contribution < -0.4 is 5.32 Å². The summed E-state index contributed by atoms with van der Waals surface area (Å²) in [6.07, 6.45) is -1.07. The first-order valence-corrected chi connectivity index (χ1v) is 9.33. The summed E-state index contributed by atoms with van der Waals surface area (Å²) in [6.45, 7) is 2.70. The lowest BCUT2D eigenvalue weighted by Crippen LogP contribution is -2.21. The average molecular weight is 456 g/mol. The number of pyridine rings is 1. The van der Waals surface area contributed by atoms with Gasteiger partial charge in [-0.3, -0.25) is 4.98 Å². The number of nitrogens with zero attached hydrogens (tertiary/aromatic N) is 6. The Morgan fingerprint density at radius 3 is 2.61 bits per heavy atom. The fourth-order valence-corrected chi connectivity index (χ4v) is 2.46. The van der Waals surface area contributed by atoms with E-state index in [1.807, 2.05) is 13.0 Å². The van der Waals surface area contributed by atoms with Crippen molar-refractivity contribution in [3.05, 3.63) is 46.6 Å². The van der Waals surface area contributed by atoms with Gasteiger partial charge in [0, 0.05) is 30.9 Å². The number of anilines is 1. The molecule has 164 valence electrons. The number of aryl methyl sites for hydroxylation is 2. The number of aliphatic carboxylic acids is 1. The van der Waals surface area contributed by atoms with Gasteiger partial charge in [0.1, 0.15) is 11.2 Å². The number of carbonyl (C=O) groups is 1. The van der Waals surface area contributed by atoms with E-state index in [0.29, 0.717) is 28.9 Å². The number of alkyl halides is 3. The van der Waals surface area contributed by atoms with Crippen molar-refractivity contribution in [2.24, 2.45) is 0 Å². The quantitative estimate of drug-likeness (QED) is 0.428. The third-order valence-corrected chi connectivity index (χ3v) is 3.94. The molecule has 0 amide bonds. The Balaban J connectivity index is 0.000000423. The third-order valence-electron chi connectivity index (χ3n) is 3.74. The van der Waals surface area contributed by atoms with Crippen molar-refractivity contribution < 1.29 is 23.1 Å². The largest absolute Gasteiger partial charge is 0.490 e. The highest BCUT2D eigenvalue weighted by Gasteiger charge is 2.38. The number of carboxylic acid groups (broad SMARTS) is 1. The molecular formula is C18H17ClF3N7O2. The second-order valence-electron chi connectivity index (χ2n) is 6.04. The summed E-state index contributed by atoms with van der Waals surface area (Å²) in [7, 11) is 0. The summed E-state index contributed by atoms with van der Waals surface area (Å²) in [5.41, 5.74) is 2.21. The van der Waals surface area contributed by atoms with E-state index < -0.39 is 12.1 Å². The van der Waals surface area contributed by atoms with E-state index in [0.717, 1.165) is 30.8 Å². The minimum absolute atomic E-state index is 0.383. The van der Waals surface area contributed by atoms with Gasteiger partial charge in [0.15, 0.2) is 11.5 Å². The predicted octanol–water partition coefficient (Wildman–Crippen LogP) is 3.28. The summed E-state index contributed by atoms with van der Waals surface area (Å²) in [5.74, 6) is -1.42. The lowest BCUT2D eigenvalue weighted by atomic mass is 10.2. The molecule has 0 bridgehead atoms. The van der Waals surface area contributed by atoms with Gasteiger partial charge in [-0.15, -0.1) is 5.10 Å². The van der Waals surface area contributed by atoms with Gasteiger partial charge in [0.25, 0.3) is 0 Å². The van der Waals surface area contributed by atoms with Crippen LogP contribution in [-0.4, -0.2) is 48.4 Å². The van der Waals surface area contributed by atoms with Crippen LogP contribution in [-0.2, 0) is 17.6 Å². The molecule has 0 saturated carbocycles. The normalized spacial score (nSPS) is 10.8. The zero-order valence-electron chi connectivity index (χ0n) is 16.2. The Morgan fingerprint density at radius 2 is 2.06 bits per heavy atom.